The van der Waals surface area contributed by atoms with Gasteiger partial charge in [0.25, 0.3) is 0 Å². The highest BCUT2D eigenvalue weighted by molar-refractivity contribution is 9.10. The van der Waals surface area contributed by atoms with Crippen molar-refractivity contribution in [3.63, 3.8) is 0 Å². The van der Waals surface area contributed by atoms with E-state index in [1.54, 1.807) is 31.4 Å². The fourth-order valence-corrected chi connectivity index (χ4v) is 1.83. The number of hydrogen-bond acceptors (Lipinski definition) is 5. The van der Waals surface area contributed by atoms with Crippen molar-refractivity contribution in [1.29, 1.82) is 0 Å². The third kappa shape index (κ3) is 3.65. The van der Waals surface area contributed by atoms with Crippen LogP contribution in [0, 0.1) is 0 Å². The summed E-state index contributed by atoms with van der Waals surface area (Å²) in [5.74, 6) is 1.24. The van der Waals surface area contributed by atoms with Crippen molar-refractivity contribution in [2.75, 3.05) is 7.11 Å². The average molecular weight is 326 g/mol. The van der Waals surface area contributed by atoms with E-state index in [0.29, 0.717) is 29.4 Å². The minimum absolute atomic E-state index is 0.271. The van der Waals surface area contributed by atoms with Crippen LogP contribution in [-0.2, 0) is 18.0 Å². The average Bonchev–Trinajstić information content (AvgIpc) is 2.86. The Morgan fingerprint density at radius 1 is 1.37 bits per heavy atom. The number of carbonyl (C=O) groups is 1. The number of benzene rings is 1. The zero-order chi connectivity index (χ0) is 13.7. The summed E-state index contributed by atoms with van der Waals surface area (Å²) in [6.45, 7) is 0.647. The normalized spacial score (nSPS) is 10.4. The molecule has 19 heavy (non-hydrogen) atoms. The van der Waals surface area contributed by atoms with Gasteiger partial charge in [-0.1, -0.05) is 21.1 Å². The Hall–Kier alpha value is -1.66. The summed E-state index contributed by atoms with van der Waals surface area (Å²) in [5, 5.41) is 3.85. The highest BCUT2D eigenvalue weighted by Crippen LogP contribution is 2.21. The van der Waals surface area contributed by atoms with Gasteiger partial charge in [0.15, 0.2) is 12.0 Å². The molecule has 6 heteroatoms. The lowest BCUT2D eigenvalue weighted by atomic mass is 10.2. The Labute approximate surface area is 118 Å². The number of carbonyl (C=O) groups excluding carboxylic acids is 1. The number of methoxy groups -OCH3 is 1. The number of aromatic nitrogens is 1. The first-order valence-corrected chi connectivity index (χ1v) is 6.33. The van der Waals surface area contributed by atoms with Crippen LogP contribution in [0.3, 0.4) is 0 Å². The first-order chi connectivity index (χ1) is 9.22. The molecule has 2 rings (SSSR count). The number of rotatable bonds is 6. The Kier molecular flexibility index (Phi) is 4.70. The molecule has 0 fully saturated rings. The maximum Gasteiger partial charge on any atom is 0.162 e. The summed E-state index contributed by atoms with van der Waals surface area (Å²) >= 11 is 3.28. The van der Waals surface area contributed by atoms with Gasteiger partial charge in [0, 0.05) is 23.2 Å². The van der Waals surface area contributed by atoms with Crippen molar-refractivity contribution in [2.45, 2.75) is 13.2 Å². The topological polar surface area (TPSA) is 61.6 Å². The Bertz CT molecular complexity index is 568. The fraction of sp³-hybridized carbons (Fsp3) is 0.231. The molecule has 0 aliphatic heterocycles. The predicted molar refractivity (Wildman–Crippen MR) is 71.1 cm³/mol. The molecule has 100 valence electrons. The van der Waals surface area contributed by atoms with Crippen LogP contribution in [0.25, 0.3) is 0 Å². The van der Waals surface area contributed by atoms with Crippen LogP contribution < -0.4 is 4.74 Å². The van der Waals surface area contributed by atoms with Crippen molar-refractivity contribution in [1.82, 2.24) is 5.16 Å². The molecule has 0 saturated carbocycles. The van der Waals surface area contributed by atoms with Gasteiger partial charge in [-0.05, 0) is 18.2 Å². The number of hydrogen-bond donors (Lipinski definition) is 0. The second kappa shape index (κ2) is 6.49. The molecule has 5 nitrogen and oxygen atoms in total. The third-order valence-corrected chi connectivity index (χ3v) is 3.10. The molecular weight excluding hydrogens is 314 g/mol. The number of ether oxygens (including phenoxy) is 2. The standard InChI is InChI=1S/C13H12BrNO4/c1-17-8-12-5-10(15-19-12)7-18-11-2-3-13(14)9(4-11)6-16/h2-6H,7-8H2,1H3. The van der Waals surface area contributed by atoms with Crippen LogP contribution >= 0.6 is 15.9 Å². The van der Waals surface area contributed by atoms with Gasteiger partial charge in [0.1, 0.15) is 24.7 Å². The summed E-state index contributed by atoms with van der Waals surface area (Å²) in [6.07, 6.45) is 0.768. The van der Waals surface area contributed by atoms with Crippen LogP contribution in [0.1, 0.15) is 21.8 Å². The molecule has 0 atom stereocenters. The first kappa shape index (κ1) is 13.8. The van der Waals surface area contributed by atoms with Crippen LogP contribution in [0.2, 0.25) is 0 Å². The molecule has 1 heterocycles. The van der Waals surface area contributed by atoms with Crippen LogP contribution in [0.15, 0.2) is 33.3 Å². The molecule has 1 aromatic heterocycles. The quantitative estimate of drug-likeness (QED) is 0.764. The monoisotopic (exact) mass is 325 g/mol. The van der Waals surface area contributed by atoms with Crippen LogP contribution in [-0.4, -0.2) is 18.6 Å². The van der Waals surface area contributed by atoms with Gasteiger partial charge < -0.3 is 14.0 Å². The van der Waals surface area contributed by atoms with Gasteiger partial charge in [-0.15, -0.1) is 0 Å². The molecule has 0 radical (unpaired) electrons. The highest BCUT2D eigenvalue weighted by atomic mass is 79.9. The summed E-state index contributed by atoms with van der Waals surface area (Å²) in [4.78, 5) is 10.8. The second-order valence-corrected chi connectivity index (χ2v) is 4.66. The van der Waals surface area contributed by atoms with E-state index in [2.05, 4.69) is 21.1 Å². The van der Waals surface area contributed by atoms with Crippen molar-refractivity contribution in [3.8, 4) is 5.75 Å². The molecule has 1 aromatic carbocycles. The van der Waals surface area contributed by atoms with Gasteiger partial charge in [0.05, 0.1) is 0 Å². The third-order valence-electron chi connectivity index (χ3n) is 2.38. The van der Waals surface area contributed by atoms with Crippen molar-refractivity contribution < 1.29 is 18.8 Å². The zero-order valence-electron chi connectivity index (χ0n) is 10.3. The number of halogens is 1. The zero-order valence-corrected chi connectivity index (χ0v) is 11.8. The Balaban J connectivity index is 1.99. The lowest BCUT2D eigenvalue weighted by Gasteiger charge is -2.05. The molecule has 0 spiro atoms. The van der Waals surface area contributed by atoms with Crippen molar-refractivity contribution >= 4 is 22.2 Å². The minimum Gasteiger partial charge on any atom is -0.487 e. The molecule has 0 bridgehead atoms. The smallest absolute Gasteiger partial charge is 0.162 e. The lowest BCUT2D eigenvalue weighted by Crippen LogP contribution is -1.96. The van der Waals surface area contributed by atoms with Gasteiger partial charge in [0.2, 0.25) is 0 Å². The maximum atomic E-state index is 10.8. The summed E-state index contributed by atoms with van der Waals surface area (Å²) in [6, 6.07) is 6.96. The predicted octanol–water partition coefficient (Wildman–Crippen LogP) is 2.98. The van der Waals surface area contributed by atoms with E-state index in [1.807, 2.05) is 0 Å². The van der Waals surface area contributed by atoms with Gasteiger partial charge >= 0.3 is 0 Å². The molecule has 0 saturated heterocycles. The largest absolute Gasteiger partial charge is 0.487 e. The van der Waals surface area contributed by atoms with Gasteiger partial charge in [-0.25, -0.2) is 0 Å². The highest BCUT2D eigenvalue weighted by Gasteiger charge is 2.06. The second-order valence-electron chi connectivity index (χ2n) is 3.81. The first-order valence-electron chi connectivity index (χ1n) is 5.54. The van der Waals surface area contributed by atoms with Crippen LogP contribution in [0.4, 0.5) is 0 Å². The van der Waals surface area contributed by atoms with E-state index in [1.165, 1.54) is 0 Å². The fourth-order valence-electron chi connectivity index (χ4n) is 1.49. The lowest BCUT2D eigenvalue weighted by molar-refractivity contribution is 0.112. The van der Waals surface area contributed by atoms with E-state index < -0.39 is 0 Å². The van der Waals surface area contributed by atoms with E-state index in [9.17, 15) is 4.79 Å². The van der Waals surface area contributed by atoms with E-state index >= 15 is 0 Å². The van der Waals surface area contributed by atoms with Crippen molar-refractivity contribution in [2.24, 2.45) is 0 Å². The summed E-state index contributed by atoms with van der Waals surface area (Å²) in [5.41, 5.74) is 1.21. The summed E-state index contributed by atoms with van der Waals surface area (Å²) < 4.78 is 16.2. The van der Waals surface area contributed by atoms with E-state index in [-0.39, 0.29) is 6.61 Å². The van der Waals surface area contributed by atoms with Gasteiger partial charge in [-0.2, -0.15) is 0 Å². The number of aldehydes is 1. The summed E-state index contributed by atoms with van der Waals surface area (Å²) in [7, 11) is 1.58. The SMILES string of the molecule is COCc1cc(COc2ccc(Br)c(C=O)c2)no1. The van der Waals surface area contributed by atoms with Crippen molar-refractivity contribution in [3.05, 3.63) is 45.8 Å². The Morgan fingerprint density at radius 3 is 2.95 bits per heavy atom. The molecule has 0 unspecified atom stereocenters. The minimum atomic E-state index is 0.271. The molecule has 0 N–H and O–H groups in total. The Morgan fingerprint density at radius 2 is 2.21 bits per heavy atom. The molecule has 0 amide bonds. The van der Waals surface area contributed by atoms with E-state index in [4.69, 9.17) is 14.0 Å². The van der Waals surface area contributed by atoms with Crippen LogP contribution in [0.5, 0.6) is 5.75 Å². The number of nitrogens with zero attached hydrogens (tertiary/aromatic N) is 1. The molecule has 0 aliphatic rings. The molecular formula is C13H12BrNO4. The van der Waals surface area contributed by atoms with Gasteiger partial charge in [-0.3, -0.25) is 4.79 Å². The van der Waals surface area contributed by atoms with E-state index in [0.717, 1.165) is 10.8 Å². The molecule has 0 aliphatic carbocycles. The maximum absolute atomic E-state index is 10.8. The molecule has 2 aromatic rings.